The van der Waals surface area contributed by atoms with Crippen LogP contribution in [0.4, 0.5) is 0 Å². The number of amides is 2. The Morgan fingerprint density at radius 2 is 1.85 bits per heavy atom. The molecular formula is C20H28N2O4. The van der Waals surface area contributed by atoms with Crippen molar-refractivity contribution in [2.24, 2.45) is 5.92 Å². The second-order valence-electron chi connectivity index (χ2n) is 7.04. The Morgan fingerprint density at radius 1 is 1.19 bits per heavy atom. The summed E-state index contributed by atoms with van der Waals surface area (Å²) in [5.74, 6) is -1.21. The number of nitrogens with one attached hydrogen (secondary N) is 1. The highest BCUT2D eigenvalue weighted by Gasteiger charge is 2.25. The Morgan fingerprint density at radius 3 is 2.46 bits per heavy atom. The van der Waals surface area contributed by atoms with Gasteiger partial charge in [0.15, 0.2) is 0 Å². The summed E-state index contributed by atoms with van der Waals surface area (Å²) in [5.41, 5.74) is 1.05. The van der Waals surface area contributed by atoms with Crippen molar-refractivity contribution in [3.8, 4) is 0 Å². The number of rotatable bonds is 9. The maximum absolute atomic E-state index is 12.5. The number of carboxylic acids is 1. The third-order valence-corrected chi connectivity index (χ3v) is 4.79. The van der Waals surface area contributed by atoms with Crippen LogP contribution in [-0.2, 0) is 20.8 Å². The Labute approximate surface area is 154 Å². The van der Waals surface area contributed by atoms with Crippen LogP contribution in [-0.4, -0.2) is 46.9 Å². The smallest absolute Gasteiger partial charge is 0.323 e. The summed E-state index contributed by atoms with van der Waals surface area (Å²) in [6.07, 6.45) is 4.70. The molecule has 1 aliphatic carbocycles. The number of hydrogen-bond acceptors (Lipinski definition) is 3. The second-order valence-corrected chi connectivity index (χ2v) is 7.04. The molecule has 26 heavy (non-hydrogen) atoms. The average molecular weight is 360 g/mol. The van der Waals surface area contributed by atoms with Crippen molar-refractivity contribution in [3.05, 3.63) is 35.9 Å². The topological polar surface area (TPSA) is 86.7 Å². The molecule has 1 aliphatic rings. The third-order valence-electron chi connectivity index (χ3n) is 4.79. The molecule has 1 aromatic carbocycles. The van der Waals surface area contributed by atoms with Gasteiger partial charge in [0, 0.05) is 24.9 Å². The van der Waals surface area contributed by atoms with E-state index < -0.39 is 5.97 Å². The number of carboxylic acid groups (broad SMARTS) is 1. The van der Waals surface area contributed by atoms with Crippen LogP contribution >= 0.6 is 0 Å². The largest absolute Gasteiger partial charge is 0.480 e. The number of carbonyl (C=O) groups excluding carboxylic acids is 2. The van der Waals surface area contributed by atoms with Crippen LogP contribution < -0.4 is 5.32 Å². The lowest BCUT2D eigenvalue weighted by molar-refractivity contribution is -0.144. The van der Waals surface area contributed by atoms with E-state index in [4.69, 9.17) is 5.11 Å². The van der Waals surface area contributed by atoms with E-state index in [2.05, 4.69) is 5.32 Å². The van der Waals surface area contributed by atoms with Gasteiger partial charge in [0.2, 0.25) is 11.8 Å². The van der Waals surface area contributed by atoms with Gasteiger partial charge in [-0.25, -0.2) is 0 Å². The van der Waals surface area contributed by atoms with E-state index in [-0.39, 0.29) is 36.7 Å². The van der Waals surface area contributed by atoms with E-state index in [1.54, 1.807) is 6.92 Å². The zero-order valence-electron chi connectivity index (χ0n) is 15.3. The molecule has 0 radical (unpaired) electrons. The van der Waals surface area contributed by atoms with Crippen molar-refractivity contribution in [2.75, 3.05) is 13.1 Å². The van der Waals surface area contributed by atoms with E-state index in [0.29, 0.717) is 13.0 Å². The minimum atomic E-state index is -1.03. The Kier molecular flexibility index (Phi) is 7.63. The van der Waals surface area contributed by atoms with Gasteiger partial charge in [0.1, 0.15) is 6.54 Å². The first-order valence-corrected chi connectivity index (χ1v) is 9.29. The minimum Gasteiger partial charge on any atom is -0.480 e. The van der Waals surface area contributed by atoms with Crippen molar-refractivity contribution in [3.63, 3.8) is 0 Å². The van der Waals surface area contributed by atoms with Gasteiger partial charge in [-0.15, -0.1) is 0 Å². The molecule has 0 bridgehead atoms. The molecule has 0 spiro atoms. The van der Waals surface area contributed by atoms with Gasteiger partial charge in [-0.2, -0.15) is 0 Å². The number of benzene rings is 1. The Bertz CT molecular complexity index is 611. The SMILES string of the molecule is CC(CC(=O)N(CCc1ccccc1)CC(=O)O)NC(=O)C1CCCC1. The first kappa shape index (κ1) is 19.9. The van der Waals surface area contributed by atoms with Crippen molar-refractivity contribution in [2.45, 2.75) is 51.5 Å². The molecule has 0 aromatic heterocycles. The van der Waals surface area contributed by atoms with E-state index in [1.807, 2.05) is 30.3 Å². The molecule has 0 aliphatic heterocycles. The summed E-state index contributed by atoms with van der Waals surface area (Å²) in [6, 6.07) is 9.35. The molecule has 1 atom stereocenters. The van der Waals surface area contributed by atoms with Gasteiger partial charge in [-0.05, 0) is 31.7 Å². The quantitative estimate of drug-likeness (QED) is 0.707. The molecule has 0 heterocycles. The predicted molar refractivity (Wildman–Crippen MR) is 98.5 cm³/mol. The van der Waals surface area contributed by atoms with Gasteiger partial charge in [-0.3, -0.25) is 14.4 Å². The number of aliphatic carboxylic acids is 1. The zero-order valence-corrected chi connectivity index (χ0v) is 15.3. The monoisotopic (exact) mass is 360 g/mol. The maximum Gasteiger partial charge on any atom is 0.323 e. The molecule has 2 rings (SSSR count). The molecular weight excluding hydrogens is 332 g/mol. The lowest BCUT2D eigenvalue weighted by atomic mass is 10.1. The predicted octanol–water partition coefficient (Wildman–Crippen LogP) is 2.23. The first-order chi connectivity index (χ1) is 12.5. The maximum atomic E-state index is 12.5. The molecule has 0 saturated heterocycles. The van der Waals surface area contributed by atoms with Gasteiger partial charge in [-0.1, -0.05) is 43.2 Å². The van der Waals surface area contributed by atoms with E-state index >= 15 is 0 Å². The summed E-state index contributed by atoms with van der Waals surface area (Å²) >= 11 is 0. The standard InChI is InChI=1S/C20H28N2O4/c1-15(21-20(26)17-9-5-6-10-17)13-18(23)22(14-19(24)25)12-11-16-7-3-2-4-8-16/h2-4,7-8,15,17H,5-6,9-14H2,1H3,(H,21,26)(H,24,25). The fraction of sp³-hybridized carbons (Fsp3) is 0.550. The molecule has 2 amide bonds. The van der Waals surface area contributed by atoms with Gasteiger partial charge >= 0.3 is 5.97 Å². The molecule has 1 saturated carbocycles. The van der Waals surface area contributed by atoms with Crippen LogP contribution in [0.3, 0.4) is 0 Å². The van der Waals surface area contributed by atoms with Crippen molar-refractivity contribution >= 4 is 17.8 Å². The van der Waals surface area contributed by atoms with Gasteiger partial charge in [0.25, 0.3) is 0 Å². The summed E-state index contributed by atoms with van der Waals surface area (Å²) in [7, 11) is 0. The van der Waals surface area contributed by atoms with Crippen molar-refractivity contribution < 1.29 is 19.5 Å². The van der Waals surface area contributed by atoms with Crippen LogP contribution in [0.1, 0.15) is 44.6 Å². The summed E-state index contributed by atoms with van der Waals surface area (Å²) in [4.78, 5) is 37.1. The highest BCUT2D eigenvalue weighted by Crippen LogP contribution is 2.24. The van der Waals surface area contributed by atoms with Gasteiger partial charge in [0.05, 0.1) is 0 Å². The first-order valence-electron chi connectivity index (χ1n) is 9.29. The van der Waals surface area contributed by atoms with E-state index in [0.717, 1.165) is 31.2 Å². The van der Waals surface area contributed by atoms with Gasteiger partial charge < -0.3 is 15.3 Å². The molecule has 1 unspecified atom stereocenters. The zero-order chi connectivity index (χ0) is 18.9. The van der Waals surface area contributed by atoms with Crippen LogP contribution in [0, 0.1) is 5.92 Å². The second kappa shape index (κ2) is 9.94. The summed E-state index contributed by atoms with van der Waals surface area (Å²) in [6.45, 7) is 1.81. The molecule has 6 heteroatoms. The average Bonchev–Trinajstić information content (AvgIpc) is 3.13. The van der Waals surface area contributed by atoms with E-state index in [1.165, 1.54) is 4.90 Å². The fourth-order valence-electron chi connectivity index (χ4n) is 3.35. The summed E-state index contributed by atoms with van der Waals surface area (Å²) < 4.78 is 0. The minimum absolute atomic E-state index is 0.0110. The van der Waals surface area contributed by atoms with Crippen molar-refractivity contribution in [1.82, 2.24) is 10.2 Å². The van der Waals surface area contributed by atoms with E-state index in [9.17, 15) is 14.4 Å². The highest BCUT2D eigenvalue weighted by atomic mass is 16.4. The third kappa shape index (κ3) is 6.50. The Balaban J connectivity index is 1.86. The number of carbonyl (C=O) groups is 3. The lowest BCUT2D eigenvalue weighted by Gasteiger charge is -2.23. The number of hydrogen-bond donors (Lipinski definition) is 2. The number of nitrogens with zero attached hydrogens (tertiary/aromatic N) is 1. The van der Waals surface area contributed by atoms with Crippen LogP contribution in [0.5, 0.6) is 0 Å². The summed E-state index contributed by atoms with van der Waals surface area (Å²) in [5, 5.41) is 12.0. The lowest BCUT2D eigenvalue weighted by Crippen LogP contribution is -2.43. The molecule has 1 fully saturated rings. The van der Waals surface area contributed by atoms with Crippen LogP contribution in [0.15, 0.2) is 30.3 Å². The fourth-order valence-corrected chi connectivity index (χ4v) is 3.35. The van der Waals surface area contributed by atoms with Crippen LogP contribution in [0.2, 0.25) is 0 Å². The molecule has 6 nitrogen and oxygen atoms in total. The van der Waals surface area contributed by atoms with Crippen LogP contribution in [0.25, 0.3) is 0 Å². The normalized spacial score (nSPS) is 15.4. The Hall–Kier alpha value is -2.37. The highest BCUT2D eigenvalue weighted by molar-refractivity contribution is 5.83. The van der Waals surface area contributed by atoms with Crippen molar-refractivity contribution in [1.29, 1.82) is 0 Å². The molecule has 1 aromatic rings. The molecule has 2 N–H and O–H groups in total. The molecule has 142 valence electrons.